The van der Waals surface area contributed by atoms with Crippen LogP contribution in [0.2, 0.25) is 10.0 Å². The zero-order chi connectivity index (χ0) is 24.0. The molecule has 0 radical (unpaired) electrons. The van der Waals surface area contributed by atoms with Crippen LogP contribution in [-0.2, 0) is 9.59 Å². The Labute approximate surface area is 205 Å². The molecule has 0 bridgehead atoms. The molecule has 182 valence electrons. The minimum Gasteiger partial charge on any atom is -0.392 e. The second-order valence-electron chi connectivity index (χ2n) is 8.85. The number of piperidine rings is 1. The lowest BCUT2D eigenvalue weighted by Gasteiger charge is -2.38. The highest BCUT2D eigenvalue weighted by atomic mass is 35.5. The predicted octanol–water partition coefficient (Wildman–Crippen LogP) is 2.66. The first kappa shape index (κ1) is 26.0. The smallest absolute Gasteiger partial charge is 0.246 e. The molecular weight excluding hydrogens is 465 g/mol. The molecule has 2 heterocycles. The van der Waals surface area contributed by atoms with Crippen molar-refractivity contribution in [2.45, 2.75) is 50.9 Å². The molecular formula is C24H33Cl2N3O4. The third-order valence-electron chi connectivity index (χ3n) is 6.52. The summed E-state index contributed by atoms with van der Waals surface area (Å²) >= 11 is 11.9. The Balaban J connectivity index is 1.47. The molecule has 1 unspecified atom stereocenters. The Hall–Kier alpha value is -1.64. The number of rotatable bonds is 7. The molecule has 2 aliphatic rings. The number of amides is 2. The van der Waals surface area contributed by atoms with Crippen molar-refractivity contribution in [1.82, 2.24) is 14.7 Å². The summed E-state index contributed by atoms with van der Waals surface area (Å²) in [5.41, 5.74) is 0.773. The molecule has 0 spiro atoms. The van der Waals surface area contributed by atoms with Gasteiger partial charge in [0.05, 0.1) is 22.3 Å². The van der Waals surface area contributed by atoms with Crippen LogP contribution in [-0.4, -0.2) is 94.2 Å². The van der Waals surface area contributed by atoms with Crippen LogP contribution in [0.4, 0.5) is 0 Å². The normalized spacial score (nSPS) is 23.7. The van der Waals surface area contributed by atoms with Crippen LogP contribution in [0.3, 0.4) is 0 Å². The van der Waals surface area contributed by atoms with Gasteiger partial charge >= 0.3 is 0 Å². The number of benzene rings is 1. The van der Waals surface area contributed by atoms with Crippen molar-refractivity contribution < 1.29 is 19.8 Å². The molecule has 2 fully saturated rings. The molecule has 2 amide bonds. The minimum atomic E-state index is -0.569. The van der Waals surface area contributed by atoms with Crippen LogP contribution in [0, 0.1) is 0 Å². The zero-order valence-electron chi connectivity index (χ0n) is 19.0. The fourth-order valence-corrected chi connectivity index (χ4v) is 4.64. The first-order valence-electron chi connectivity index (χ1n) is 11.5. The third-order valence-corrected chi connectivity index (χ3v) is 7.26. The van der Waals surface area contributed by atoms with Crippen LogP contribution in [0.1, 0.15) is 38.2 Å². The Morgan fingerprint density at radius 3 is 2.76 bits per heavy atom. The number of hydrogen-bond acceptors (Lipinski definition) is 5. The maximum absolute atomic E-state index is 12.6. The van der Waals surface area contributed by atoms with E-state index in [-0.39, 0.29) is 30.4 Å². The van der Waals surface area contributed by atoms with Gasteiger partial charge in [-0.25, -0.2) is 0 Å². The van der Waals surface area contributed by atoms with E-state index in [1.54, 1.807) is 34.1 Å². The maximum atomic E-state index is 12.6. The monoisotopic (exact) mass is 497 g/mol. The van der Waals surface area contributed by atoms with E-state index < -0.39 is 6.10 Å². The summed E-state index contributed by atoms with van der Waals surface area (Å²) in [5, 5.41) is 21.4. The van der Waals surface area contributed by atoms with E-state index in [0.29, 0.717) is 49.2 Å². The highest BCUT2D eigenvalue weighted by Crippen LogP contribution is 2.23. The van der Waals surface area contributed by atoms with Crippen LogP contribution < -0.4 is 0 Å². The van der Waals surface area contributed by atoms with Crippen LogP contribution in [0.5, 0.6) is 0 Å². The molecule has 2 aliphatic heterocycles. The van der Waals surface area contributed by atoms with Gasteiger partial charge in [0.15, 0.2) is 0 Å². The van der Waals surface area contributed by atoms with E-state index in [4.69, 9.17) is 23.2 Å². The molecule has 3 rings (SSSR count). The van der Waals surface area contributed by atoms with E-state index in [1.807, 2.05) is 6.92 Å². The number of halogens is 2. The van der Waals surface area contributed by atoms with Gasteiger partial charge in [0.25, 0.3) is 0 Å². The zero-order valence-corrected chi connectivity index (χ0v) is 20.5. The minimum absolute atomic E-state index is 0.00674. The number of carbonyl (C=O) groups excluding carboxylic acids is 2. The summed E-state index contributed by atoms with van der Waals surface area (Å²) in [6.45, 7) is 5.04. The maximum Gasteiger partial charge on any atom is 0.246 e. The molecule has 0 saturated carbocycles. The van der Waals surface area contributed by atoms with Crippen LogP contribution >= 0.6 is 23.2 Å². The molecule has 1 aromatic carbocycles. The van der Waals surface area contributed by atoms with E-state index >= 15 is 0 Å². The second-order valence-corrected chi connectivity index (χ2v) is 9.66. The highest BCUT2D eigenvalue weighted by Gasteiger charge is 2.28. The Kier molecular flexibility index (Phi) is 9.58. The largest absolute Gasteiger partial charge is 0.392 e. The first-order valence-corrected chi connectivity index (χ1v) is 12.3. The molecule has 33 heavy (non-hydrogen) atoms. The lowest BCUT2D eigenvalue weighted by atomic mass is 9.99. The van der Waals surface area contributed by atoms with Crippen molar-refractivity contribution in [2.24, 2.45) is 0 Å². The molecule has 3 atom stereocenters. The van der Waals surface area contributed by atoms with Gasteiger partial charge in [-0.15, -0.1) is 0 Å². The first-order chi connectivity index (χ1) is 15.7. The number of aliphatic hydroxyl groups excluding tert-OH is 2. The van der Waals surface area contributed by atoms with E-state index in [9.17, 15) is 19.8 Å². The van der Waals surface area contributed by atoms with Crippen molar-refractivity contribution >= 4 is 41.1 Å². The average molecular weight is 498 g/mol. The number of aliphatic hydroxyl groups is 2. The van der Waals surface area contributed by atoms with Gasteiger partial charge in [-0.3, -0.25) is 14.5 Å². The standard InChI is InChI=1S/C24H33Cl2N3O4/c1-17-22(31)3-2-10-29(17)16-19(30)8-11-27-13-14-28(12-9-24(27)33)23(32)7-5-18-4-6-20(25)21(26)15-18/h4-7,15,17,19,22,30-31H,2-3,8-14,16H2,1H3/b7-5+/t17-,19?,22+/m1/s1. The quantitative estimate of drug-likeness (QED) is 0.565. The Bertz CT molecular complexity index is 866. The summed E-state index contributed by atoms with van der Waals surface area (Å²) in [5.74, 6) is -0.166. The SMILES string of the molecule is C[C@@H]1[C@@H](O)CCCN1CC(O)CCN1CCN(C(=O)/C=C/c2ccc(Cl)c(Cl)c2)CCC1=O. The fraction of sp³-hybridized carbons (Fsp3) is 0.583. The lowest BCUT2D eigenvalue weighted by Crippen LogP contribution is -2.49. The number of likely N-dealkylation sites (tertiary alicyclic amines) is 1. The summed E-state index contributed by atoms with van der Waals surface area (Å²) in [7, 11) is 0. The van der Waals surface area contributed by atoms with Crippen LogP contribution in [0.15, 0.2) is 24.3 Å². The van der Waals surface area contributed by atoms with Gasteiger partial charge < -0.3 is 20.0 Å². The Morgan fingerprint density at radius 1 is 1.21 bits per heavy atom. The van der Waals surface area contributed by atoms with Gasteiger partial charge in [0.2, 0.25) is 11.8 Å². The lowest BCUT2D eigenvalue weighted by molar-refractivity contribution is -0.130. The Morgan fingerprint density at radius 2 is 2.00 bits per heavy atom. The third kappa shape index (κ3) is 7.42. The number of carbonyl (C=O) groups is 2. The fourth-order valence-electron chi connectivity index (χ4n) is 4.33. The van der Waals surface area contributed by atoms with E-state index in [1.165, 1.54) is 6.08 Å². The highest BCUT2D eigenvalue weighted by molar-refractivity contribution is 6.42. The van der Waals surface area contributed by atoms with Crippen LogP contribution in [0.25, 0.3) is 6.08 Å². The predicted molar refractivity (Wildman–Crippen MR) is 130 cm³/mol. The molecule has 1 aromatic rings. The van der Waals surface area contributed by atoms with Gasteiger partial charge in [0.1, 0.15) is 0 Å². The number of nitrogens with zero attached hydrogens (tertiary/aromatic N) is 3. The van der Waals surface area contributed by atoms with E-state index in [0.717, 1.165) is 24.9 Å². The average Bonchev–Trinajstić information content (AvgIpc) is 2.97. The van der Waals surface area contributed by atoms with Gasteiger partial charge in [-0.2, -0.15) is 0 Å². The summed E-state index contributed by atoms with van der Waals surface area (Å²) < 4.78 is 0. The summed E-state index contributed by atoms with van der Waals surface area (Å²) in [4.78, 5) is 30.7. The second kappa shape index (κ2) is 12.2. The van der Waals surface area contributed by atoms with Crippen molar-refractivity contribution in [3.8, 4) is 0 Å². The molecule has 0 aromatic heterocycles. The molecule has 9 heteroatoms. The van der Waals surface area contributed by atoms with Crippen molar-refractivity contribution in [1.29, 1.82) is 0 Å². The summed E-state index contributed by atoms with van der Waals surface area (Å²) in [6.07, 6.45) is 4.70. The van der Waals surface area contributed by atoms with Crippen molar-refractivity contribution in [3.63, 3.8) is 0 Å². The molecule has 2 saturated heterocycles. The molecule has 7 nitrogen and oxygen atoms in total. The van der Waals surface area contributed by atoms with E-state index in [2.05, 4.69) is 4.90 Å². The summed E-state index contributed by atoms with van der Waals surface area (Å²) in [6, 6.07) is 5.18. The number of β-amino-alcohol motifs (C(OH)–C–C–N with tert-alkyl or cyclic N) is 1. The topological polar surface area (TPSA) is 84.3 Å². The van der Waals surface area contributed by atoms with Crippen molar-refractivity contribution in [3.05, 3.63) is 39.9 Å². The van der Waals surface area contributed by atoms with Gasteiger partial charge in [0, 0.05) is 51.3 Å². The van der Waals surface area contributed by atoms with Gasteiger partial charge in [-0.1, -0.05) is 29.3 Å². The molecule has 2 N–H and O–H groups in total. The number of hydrogen-bond donors (Lipinski definition) is 2. The van der Waals surface area contributed by atoms with Crippen molar-refractivity contribution in [2.75, 3.05) is 39.3 Å². The molecule has 0 aliphatic carbocycles. The van der Waals surface area contributed by atoms with Gasteiger partial charge in [-0.05, 0) is 56.5 Å².